The third kappa shape index (κ3) is 3.05. The van der Waals surface area contributed by atoms with Crippen molar-refractivity contribution < 1.29 is 27.4 Å². The average Bonchev–Trinajstić information content (AvgIpc) is 2.65. The van der Waals surface area contributed by atoms with Crippen LogP contribution in [0.4, 0.5) is 23.7 Å². The fourth-order valence-corrected chi connectivity index (χ4v) is 3.54. The Kier molecular flexibility index (Phi) is 4.62. The number of nitrogens with zero attached hydrogens (tertiary/aromatic N) is 2. The van der Waals surface area contributed by atoms with Crippen molar-refractivity contribution >= 4 is 38.6 Å². The average molecular weight is 453 g/mol. The van der Waals surface area contributed by atoms with Crippen molar-refractivity contribution in [2.24, 2.45) is 0 Å². The number of cyclic esters (lactones) is 1. The largest absolute Gasteiger partial charge is 0.494 e. The van der Waals surface area contributed by atoms with Gasteiger partial charge in [-0.15, -0.1) is 0 Å². The third-order valence-corrected chi connectivity index (χ3v) is 4.91. The van der Waals surface area contributed by atoms with Crippen molar-refractivity contribution in [2.75, 3.05) is 12.0 Å². The quantitative estimate of drug-likeness (QED) is 0.555. The van der Waals surface area contributed by atoms with Gasteiger partial charge in [0, 0.05) is 33.2 Å². The summed E-state index contributed by atoms with van der Waals surface area (Å²) >= 11 is 3.02. The van der Waals surface area contributed by atoms with Crippen LogP contribution in [0.15, 0.2) is 34.9 Å². The Hall–Kier alpha value is -2.81. The minimum atomic E-state index is -0.821. The molecule has 0 N–H and O–H groups in total. The van der Waals surface area contributed by atoms with E-state index < -0.39 is 30.1 Å². The number of aromatic nitrogens is 1. The maximum atomic E-state index is 14.3. The number of hydrogen-bond donors (Lipinski definition) is 0. The van der Waals surface area contributed by atoms with Gasteiger partial charge in [0.2, 0.25) is 0 Å². The first-order valence-corrected chi connectivity index (χ1v) is 8.91. The molecule has 5 nitrogen and oxygen atoms in total. The molecule has 0 saturated carbocycles. The first-order chi connectivity index (χ1) is 13.4. The number of halogens is 4. The number of pyridine rings is 1. The van der Waals surface area contributed by atoms with Crippen molar-refractivity contribution in [1.29, 1.82) is 0 Å². The first-order valence-electron chi connectivity index (χ1n) is 8.12. The molecule has 1 aliphatic heterocycles. The summed E-state index contributed by atoms with van der Waals surface area (Å²) in [4.78, 5) is 17.7. The molecule has 0 atom stereocenters. The van der Waals surface area contributed by atoms with Gasteiger partial charge in [0.05, 0.1) is 24.9 Å². The number of hydrogen-bond acceptors (Lipinski definition) is 4. The van der Waals surface area contributed by atoms with E-state index in [0.29, 0.717) is 22.2 Å². The predicted octanol–water partition coefficient (Wildman–Crippen LogP) is 5.08. The lowest BCUT2D eigenvalue weighted by Gasteiger charge is -2.30. The molecule has 1 amide bonds. The minimum Gasteiger partial charge on any atom is -0.494 e. The van der Waals surface area contributed by atoms with E-state index >= 15 is 0 Å². The second-order valence-corrected chi connectivity index (χ2v) is 7.04. The van der Waals surface area contributed by atoms with Crippen molar-refractivity contribution in [3.8, 4) is 5.75 Å². The summed E-state index contributed by atoms with van der Waals surface area (Å²) in [5.41, 5.74) is 0.847. The van der Waals surface area contributed by atoms with Crippen LogP contribution in [-0.4, -0.2) is 18.2 Å². The highest BCUT2D eigenvalue weighted by atomic mass is 79.9. The Morgan fingerprint density at radius 3 is 2.57 bits per heavy atom. The topological polar surface area (TPSA) is 51.7 Å². The highest BCUT2D eigenvalue weighted by molar-refractivity contribution is 9.10. The monoisotopic (exact) mass is 452 g/mol. The van der Waals surface area contributed by atoms with Crippen LogP contribution < -0.4 is 9.64 Å². The van der Waals surface area contributed by atoms with Gasteiger partial charge in [-0.2, -0.15) is 0 Å². The molecule has 2 heterocycles. The van der Waals surface area contributed by atoms with Crippen LogP contribution in [-0.2, 0) is 17.9 Å². The Morgan fingerprint density at radius 1 is 1.18 bits per heavy atom. The van der Waals surface area contributed by atoms with E-state index in [0.717, 1.165) is 17.0 Å². The first kappa shape index (κ1) is 18.5. The van der Waals surface area contributed by atoms with Gasteiger partial charge in [-0.05, 0) is 18.2 Å². The fourth-order valence-electron chi connectivity index (χ4n) is 3.14. The zero-order valence-electron chi connectivity index (χ0n) is 14.4. The van der Waals surface area contributed by atoms with Crippen molar-refractivity contribution in [1.82, 2.24) is 4.98 Å². The van der Waals surface area contributed by atoms with Crippen molar-refractivity contribution in [3.05, 3.63) is 63.5 Å². The number of anilines is 1. The Balaban J connectivity index is 1.89. The van der Waals surface area contributed by atoms with Gasteiger partial charge >= 0.3 is 6.09 Å². The van der Waals surface area contributed by atoms with Crippen LogP contribution in [0.5, 0.6) is 5.75 Å². The van der Waals surface area contributed by atoms with Gasteiger partial charge < -0.3 is 9.47 Å². The summed E-state index contributed by atoms with van der Waals surface area (Å²) in [6, 6.07) is 4.78. The summed E-state index contributed by atoms with van der Waals surface area (Å²) in [6.45, 7) is -0.504. The van der Waals surface area contributed by atoms with Crippen LogP contribution in [0.25, 0.3) is 10.9 Å². The predicted molar refractivity (Wildman–Crippen MR) is 98.7 cm³/mol. The molecule has 9 heteroatoms. The third-order valence-electron chi connectivity index (χ3n) is 4.45. The van der Waals surface area contributed by atoms with Crippen LogP contribution in [0.1, 0.15) is 11.1 Å². The number of fused-ring (bicyclic) bond motifs is 3. The summed E-state index contributed by atoms with van der Waals surface area (Å²) in [5.74, 6) is -2.30. The van der Waals surface area contributed by atoms with Crippen LogP contribution in [0, 0.1) is 17.5 Å². The molecule has 0 radical (unpaired) electrons. The molecule has 0 aliphatic carbocycles. The van der Waals surface area contributed by atoms with E-state index in [1.807, 2.05) is 0 Å². The molecule has 1 aromatic heterocycles. The molecule has 1 aliphatic rings. The zero-order valence-corrected chi connectivity index (χ0v) is 16.0. The van der Waals surface area contributed by atoms with E-state index in [4.69, 9.17) is 9.47 Å². The van der Waals surface area contributed by atoms with Crippen LogP contribution in [0.3, 0.4) is 0 Å². The highest BCUT2D eigenvalue weighted by Crippen LogP contribution is 2.37. The number of methoxy groups -OCH3 is 1. The lowest BCUT2D eigenvalue weighted by Crippen LogP contribution is -2.36. The second kappa shape index (κ2) is 6.97. The van der Waals surface area contributed by atoms with Gasteiger partial charge in [-0.25, -0.2) is 18.0 Å². The zero-order chi connectivity index (χ0) is 20.0. The molecule has 144 valence electrons. The SMILES string of the molecule is COc1cc2ncc3c(c2cc1F)N(Cc1c(F)cc(Br)cc1F)C(=O)OC3. The number of rotatable bonds is 3. The lowest BCUT2D eigenvalue weighted by atomic mass is 10.1. The molecular weight excluding hydrogens is 441 g/mol. The lowest BCUT2D eigenvalue weighted by molar-refractivity contribution is 0.141. The van der Waals surface area contributed by atoms with E-state index in [1.54, 1.807) is 0 Å². The highest BCUT2D eigenvalue weighted by Gasteiger charge is 2.30. The van der Waals surface area contributed by atoms with E-state index in [-0.39, 0.29) is 22.4 Å². The normalized spacial score (nSPS) is 13.5. The molecular formula is C19H12BrF3N2O3. The summed E-state index contributed by atoms with van der Waals surface area (Å²) in [6.07, 6.45) is 0.681. The summed E-state index contributed by atoms with van der Waals surface area (Å²) < 4.78 is 53.2. The fraction of sp³-hybridized carbons (Fsp3) is 0.158. The van der Waals surface area contributed by atoms with Crippen LogP contribution in [0.2, 0.25) is 0 Å². The van der Waals surface area contributed by atoms with Gasteiger partial charge in [0.15, 0.2) is 11.6 Å². The Bertz CT molecular complexity index is 1100. The second-order valence-electron chi connectivity index (χ2n) is 6.12. The molecule has 0 bridgehead atoms. The maximum Gasteiger partial charge on any atom is 0.414 e. The van der Waals surface area contributed by atoms with Gasteiger partial charge in [0.25, 0.3) is 0 Å². The summed E-state index contributed by atoms with van der Waals surface area (Å²) in [5, 5.41) is 0.311. The maximum absolute atomic E-state index is 14.3. The molecule has 0 fully saturated rings. The van der Waals surface area contributed by atoms with E-state index in [2.05, 4.69) is 20.9 Å². The molecule has 3 aromatic rings. The Morgan fingerprint density at radius 2 is 1.89 bits per heavy atom. The van der Waals surface area contributed by atoms with Gasteiger partial charge in [-0.1, -0.05) is 15.9 Å². The molecule has 0 saturated heterocycles. The Labute approximate surface area is 165 Å². The van der Waals surface area contributed by atoms with Crippen molar-refractivity contribution in [2.45, 2.75) is 13.2 Å². The number of carbonyl (C=O) groups excluding carboxylic acids is 1. The number of benzene rings is 2. The molecule has 28 heavy (non-hydrogen) atoms. The standard InChI is InChI=1S/C19H12BrF3N2O3/c1-27-17-5-16-11(4-15(17)23)18-9(6-24-16)8-28-19(26)25(18)7-12-13(21)2-10(20)3-14(12)22/h2-6H,7-8H2,1H3. The van der Waals surface area contributed by atoms with E-state index in [9.17, 15) is 18.0 Å². The molecule has 0 spiro atoms. The molecule has 0 unspecified atom stereocenters. The number of ether oxygens (including phenoxy) is 2. The van der Waals surface area contributed by atoms with E-state index in [1.165, 1.54) is 25.4 Å². The van der Waals surface area contributed by atoms with Gasteiger partial charge in [-0.3, -0.25) is 9.88 Å². The van der Waals surface area contributed by atoms with Crippen LogP contribution >= 0.6 is 15.9 Å². The van der Waals surface area contributed by atoms with Crippen molar-refractivity contribution in [3.63, 3.8) is 0 Å². The molecule has 2 aromatic carbocycles. The molecule has 4 rings (SSSR count). The van der Waals surface area contributed by atoms with Gasteiger partial charge in [0.1, 0.15) is 18.2 Å². The minimum absolute atomic E-state index is 0.00474. The summed E-state index contributed by atoms with van der Waals surface area (Å²) in [7, 11) is 1.32. The smallest absolute Gasteiger partial charge is 0.414 e. The number of carbonyl (C=O) groups is 1. The number of amides is 1.